The standard InChI is InChI=1S/C25H26BFN2O4S2/c1-14(30)20-13-34-22(29-20)23-28-19-9-7-16(11-21(19)35-23)31-12-15-6-8-17(18(27)10-15)26-32-24(2,3)25(4,5)33-26/h6-11,20H,12-13H2,1-5H3/t20-/m1/s1. The van der Waals surface area contributed by atoms with Crippen molar-refractivity contribution in [3.05, 3.63) is 52.8 Å². The van der Waals surface area contributed by atoms with Gasteiger partial charge < -0.3 is 14.0 Å². The second-order valence-electron chi connectivity index (χ2n) is 9.75. The molecule has 0 unspecified atom stereocenters. The third kappa shape index (κ3) is 4.77. The first-order chi connectivity index (χ1) is 16.5. The lowest BCUT2D eigenvalue weighted by Crippen LogP contribution is -2.41. The Balaban J connectivity index is 1.27. The Morgan fingerprint density at radius 2 is 1.91 bits per heavy atom. The largest absolute Gasteiger partial charge is 0.497 e. The summed E-state index contributed by atoms with van der Waals surface area (Å²) in [6.45, 7) is 9.56. The Hall–Kier alpha value is -2.27. The summed E-state index contributed by atoms with van der Waals surface area (Å²) in [5.41, 5.74) is 0.883. The average molecular weight is 512 g/mol. The van der Waals surface area contributed by atoms with Crippen LogP contribution in [-0.4, -0.2) is 45.9 Å². The van der Waals surface area contributed by atoms with Crippen molar-refractivity contribution in [1.82, 2.24) is 4.98 Å². The molecule has 0 amide bonds. The highest BCUT2D eigenvalue weighted by atomic mass is 32.2. The van der Waals surface area contributed by atoms with Gasteiger partial charge in [-0.05, 0) is 64.4 Å². The summed E-state index contributed by atoms with van der Waals surface area (Å²) in [6, 6.07) is 10.4. The third-order valence-corrected chi connectivity index (χ3v) is 8.85. The quantitative estimate of drug-likeness (QED) is 0.444. The Bertz CT molecular complexity index is 1320. The number of rotatable bonds is 6. The number of hydrogen-bond acceptors (Lipinski definition) is 8. The van der Waals surface area contributed by atoms with Crippen LogP contribution in [0, 0.1) is 5.82 Å². The number of carbonyl (C=O) groups is 1. The molecule has 2 aromatic carbocycles. The normalized spacial score (nSPS) is 20.9. The fourth-order valence-electron chi connectivity index (χ4n) is 3.77. The van der Waals surface area contributed by atoms with Gasteiger partial charge in [-0.3, -0.25) is 9.79 Å². The van der Waals surface area contributed by atoms with Crippen molar-refractivity contribution < 1.29 is 23.2 Å². The lowest BCUT2D eigenvalue weighted by molar-refractivity contribution is -0.117. The Morgan fingerprint density at radius 3 is 2.57 bits per heavy atom. The number of thioether (sulfide) groups is 1. The summed E-state index contributed by atoms with van der Waals surface area (Å²) in [5.74, 6) is 1.03. The molecule has 3 heterocycles. The number of benzene rings is 2. The SMILES string of the molecule is CC(=O)[C@H]1CSC(c2nc3ccc(OCc4ccc(B5OC(C)(C)C(C)(C)O5)c(F)c4)cc3s2)=N1. The molecular formula is C25H26BFN2O4S2. The fourth-order valence-corrected chi connectivity index (χ4v) is 5.96. The number of aromatic nitrogens is 1. The van der Waals surface area contributed by atoms with Crippen LogP contribution in [0.4, 0.5) is 4.39 Å². The molecule has 2 aliphatic heterocycles. The molecule has 1 fully saturated rings. The minimum atomic E-state index is -0.744. The number of nitrogens with zero attached hydrogens (tertiary/aromatic N) is 2. The number of hydrogen-bond donors (Lipinski definition) is 0. The van der Waals surface area contributed by atoms with E-state index in [0.717, 1.165) is 20.3 Å². The molecule has 0 N–H and O–H groups in total. The number of halogens is 1. The van der Waals surface area contributed by atoms with Gasteiger partial charge in [-0.15, -0.1) is 23.1 Å². The molecule has 1 saturated heterocycles. The van der Waals surface area contributed by atoms with Crippen molar-refractivity contribution in [3.8, 4) is 5.75 Å². The molecule has 3 aromatic rings. The molecule has 10 heteroatoms. The lowest BCUT2D eigenvalue weighted by atomic mass is 9.78. The van der Waals surface area contributed by atoms with Gasteiger partial charge in [0.2, 0.25) is 0 Å². The van der Waals surface area contributed by atoms with Crippen LogP contribution in [0.5, 0.6) is 5.75 Å². The van der Waals surface area contributed by atoms with Gasteiger partial charge in [-0.2, -0.15) is 0 Å². The van der Waals surface area contributed by atoms with E-state index in [0.29, 0.717) is 22.5 Å². The predicted octanol–water partition coefficient (Wildman–Crippen LogP) is 4.76. The number of fused-ring (bicyclic) bond motifs is 1. The highest BCUT2D eigenvalue weighted by Crippen LogP contribution is 2.37. The molecule has 5 rings (SSSR count). The maximum Gasteiger partial charge on any atom is 0.497 e. The first kappa shape index (κ1) is 24.4. The molecule has 0 bridgehead atoms. The van der Waals surface area contributed by atoms with E-state index in [1.165, 1.54) is 17.4 Å². The summed E-state index contributed by atoms with van der Waals surface area (Å²) >= 11 is 3.08. The number of Topliss-reactive ketones (excluding diaryl/α,β-unsaturated/α-hetero) is 1. The second kappa shape index (κ2) is 8.99. The van der Waals surface area contributed by atoms with E-state index in [-0.39, 0.29) is 24.2 Å². The monoisotopic (exact) mass is 512 g/mol. The van der Waals surface area contributed by atoms with Crippen LogP contribution in [0.25, 0.3) is 10.2 Å². The highest BCUT2D eigenvalue weighted by Gasteiger charge is 2.52. The predicted molar refractivity (Wildman–Crippen MR) is 140 cm³/mol. The molecule has 0 radical (unpaired) electrons. The van der Waals surface area contributed by atoms with Gasteiger partial charge in [-0.1, -0.05) is 12.1 Å². The zero-order chi connectivity index (χ0) is 25.0. The van der Waals surface area contributed by atoms with Crippen LogP contribution in [0.2, 0.25) is 0 Å². The van der Waals surface area contributed by atoms with Gasteiger partial charge in [0.25, 0.3) is 0 Å². The van der Waals surface area contributed by atoms with E-state index in [2.05, 4.69) is 9.98 Å². The third-order valence-electron chi connectivity index (χ3n) is 6.64. The maximum absolute atomic E-state index is 14.9. The van der Waals surface area contributed by atoms with Gasteiger partial charge in [0.05, 0.1) is 21.4 Å². The van der Waals surface area contributed by atoms with Crippen LogP contribution >= 0.6 is 23.1 Å². The Morgan fingerprint density at radius 1 is 1.17 bits per heavy atom. The first-order valence-electron chi connectivity index (χ1n) is 11.4. The molecule has 35 heavy (non-hydrogen) atoms. The minimum Gasteiger partial charge on any atom is -0.489 e. The van der Waals surface area contributed by atoms with E-state index >= 15 is 0 Å². The Kier molecular flexibility index (Phi) is 6.28. The number of ether oxygens (including phenoxy) is 1. The van der Waals surface area contributed by atoms with E-state index in [1.807, 2.05) is 52.0 Å². The van der Waals surface area contributed by atoms with Gasteiger partial charge in [-0.25, -0.2) is 9.37 Å². The van der Waals surface area contributed by atoms with Crippen LogP contribution in [0.15, 0.2) is 41.4 Å². The lowest BCUT2D eigenvalue weighted by Gasteiger charge is -2.32. The van der Waals surface area contributed by atoms with Crippen molar-refractivity contribution in [2.24, 2.45) is 4.99 Å². The average Bonchev–Trinajstić information content (AvgIpc) is 3.48. The van der Waals surface area contributed by atoms with Crippen molar-refractivity contribution >= 4 is 56.7 Å². The summed E-state index contributed by atoms with van der Waals surface area (Å²) in [6.07, 6.45) is 0. The number of thiazole rings is 1. The summed E-state index contributed by atoms with van der Waals surface area (Å²) < 4.78 is 33.8. The number of ketones is 1. The van der Waals surface area contributed by atoms with E-state index in [4.69, 9.17) is 14.0 Å². The highest BCUT2D eigenvalue weighted by molar-refractivity contribution is 8.15. The molecule has 1 atom stereocenters. The van der Waals surface area contributed by atoms with Crippen molar-refractivity contribution in [3.63, 3.8) is 0 Å². The van der Waals surface area contributed by atoms with Crippen molar-refractivity contribution in [2.45, 2.75) is 58.5 Å². The molecule has 0 saturated carbocycles. The first-order valence-corrected chi connectivity index (χ1v) is 13.2. The summed E-state index contributed by atoms with van der Waals surface area (Å²) in [7, 11) is -0.744. The molecule has 0 spiro atoms. The maximum atomic E-state index is 14.9. The summed E-state index contributed by atoms with van der Waals surface area (Å²) in [5, 5.41) is 1.62. The molecule has 1 aromatic heterocycles. The van der Waals surface area contributed by atoms with Crippen molar-refractivity contribution in [1.29, 1.82) is 0 Å². The van der Waals surface area contributed by atoms with Crippen LogP contribution in [0.3, 0.4) is 0 Å². The second-order valence-corrected chi connectivity index (χ2v) is 11.8. The van der Waals surface area contributed by atoms with E-state index < -0.39 is 18.3 Å². The molecular weight excluding hydrogens is 486 g/mol. The topological polar surface area (TPSA) is 70.0 Å². The van der Waals surface area contributed by atoms with Crippen LogP contribution in [0.1, 0.15) is 45.2 Å². The fraction of sp³-hybridized carbons (Fsp3) is 0.400. The number of aliphatic imine (C=N–C) groups is 1. The van der Waals surface area contributed by atoms with Gasteiger partial charge in [0, 0.05) is 11.2 Å². The van der Waals surface area contributed by atoms with Gasteiger partial charge in [0.15, 0.2) is 5.78 Å². The Labute approximate surface area is 212 Å². The van der Waals surface area contributed by atoms with Crippen LogP contribution in [-0.2, 0) is 20.7 Å². The molecule has 6 nitrogen and oxygen atoms in total. The zero-order valence-corrected chi connectivity index (χ0v) is 21.9. The van der Waals surface area contributed by atoms with Crippen LogP contribution < -0.4 is 10.2 Å². The summed E-state index contributed by atoms with van der Waals surface area (Å²) in [4.78, 5) is 20.8. The van der Waals surface area contributed by atoms with Gasteiger partial charge >= 0.3 is 7.12 Å². The molecule has 2 aliphatic rings. The molecule has 0 aliphatic carbocycles. The smallest absolute Gasteiger partial charge is 0.489 e. The number of carbonyl (C=O) groups excluding carboxylic acids is 1. The van der Waals surface area contributed by atoms with E-state index in [1.54, 1.807) is 24.8 Å². The van der Waals surface area contributed by atoms with Crippen molar-refractivity contribution in [2.75, 3.05) is 5.75 Å². The zero-order valence-electron chi connectivity index (χ0n) is 20.3. The van der Waals surface area contributed by atoms with E-state index in [9.17, 15) is 9.18 Å². The minimum absolute atomic E-state index is 0.0738. The van der Waals surface area contributed by atoms with Gasteiger partial charge in [0.1, 0.15) is 34.3 Å². The molecule has 182 valence electrons.